The second-order valence-electron chi connectivity index (χ2n) is 10.8. The van der Waals surface area contributed by atoms with Crippen molar-refractivity contribution in [2.45, 2.75) is 19.9 Å². The van der Waals surface area contributed by atoms with Gasteiger partial charge < -0.3 is 10.2 Å². The number of benzene rings is 6. The fourth-order valence-electron chi connectivity index (χ4n) is 6.12. The fraction of sp³-hybridized carbons (Fsp3) is 0.0769. The van der Waals surface area contributed by atoms with Gasteiger partial charge in [-0.1, -0.05) is 103 Å². The van der Waals surface area contributed by atoms with Gasteiger partial charge in [-0.3, -0.25) is 0 Å². The molecule has 41 heavy (non-hydrogen) atoms. The first-order valence-corrected chi connectivity index (χ1v) is 14.2. The number of nitrogens with one attached hydrogen (secondary N) is 1. The van der Waals surface area contributed by atoms with Crippen molar-refractivity contribution in [3.63, 3.8) is 0 Å². The zero-order chi connectivity index (χ0) is 27.8. The van der Waals surface area contributed by atoms with E-state index in [0.717, 1.165) is 11.4 Å². The molecule has 1 aliphatic heterocycles. The van der Waals surface area contributed by atoms with E-state index in [-0.39, 0.29) is 6.04 Å². The standard InChI is InChI=1S/C39H32N2/c1-27-26-33(22-24-34(27)36-23-19-30-11-3-5-13-35(30)28(36)2)41(39-16-9-12-29-10-4-6-14-37(29)39)32-20-17-31(18-21-32)38-15-7-8-25-40-38/h3-26,38,40H,1-2H3. The first-order chi connectivity index (χ1) is 20.2. The van der Waals surface area contributed by atoms with Crippen LogP contribution in [-0.4, -0.2) is 0 Å². The minimum absolute atomic E-state index is 0.187. The summed E-state index contributed by atoms with van der Waals surface area (Å²) in [6.45, 7) is 4.47. The highest BCUT2D eigenvalue weighted by molar-refractivity contribution is 5.99. The molecule has 0 aromatic heterocycles. The van der Waals surface area contributed by atoms with Crippen LogP contribution in [0.4, 0.5) is 17.1 Å². The van der Waals surface area contributed by atoms with Gasteiger partial charge in [-0.25, -0.2) is 0 Å². The third kappa shape index (κ3) is 4.58. The Hall–Kier alpha value is -5.08. The van der Waals surface area contributed by atoms with Crippen molar-refractivity contribution < 1.29 is 0 Å². The quantitative estimate of drug-likeness (QED) is 0.239. The molecule has 7 rings (SSSR count). The van der Waals surface area contributed by atoms with Gasteiger partial charge in [-0.15, -0.1) is 0 Å². The smallest absolute Gasteiger partial charge is 0.0695 e. The van der Waals surface area contributed by atoms with Crippen LogP contribution in [0.25, 0.3) is 32.7 Å². The van der Waals surface area contributed by atoms with Crippen molar-refractivity contribution >= 4 is 38.6 Å². The Morgan fingerprint density at radius 2 is 1.27 bits per heavy atom. The van der Waals surface area contributed by atoms with Crippen molar-refractivity contribution in [3.05, 3.63) is 162 Å². The molecule has 1 aliphatic rings. The molecule has 0 fully saturated rings. The molecule has 1 unspecified atom stereocenters. The normalized spacial score (nSPS) is 14.3. The lowest BCUT2D eigenvalue weighted by molar-refractivity contribution is 0.746. The summed E-state index contributed by atoms with van der Waals surface area (Å²) in [4.78, 5) is 2.39. The van der Waals surface area contributed by atoms with Gasteiger partial charge in [0.05, 0.1) is 11.7 Å². The Kier molecular flexibility index (Phi) is 6.37. The van der Waals surface area contributed by atoms with Crippen molar-refractivity contribution in [3.8, 4) is 11.1 Å². The summed E-state index contributed by atoms with van der Waals surface area (Å²) in [5.74, 6) is 0. The van der Waals surface area contributed by atoms with Crippen LogP contribution in [0.1, 0.15) is 22.7 Å². The van der Waals surface area contributed by atoms with E-state index in [9.17, 15) is 0 Å². The molecule has 0 bridgehead atoms. The van der Waals surface area contributed by atoms with Gasteiger partial charge in [-0.05, 0) is 100 Å². The molecule has 198 valence electrons. The maximum Gasteiger partial charge on any atom is 0.0695 e. The average Bonchev–Trinajstić information content (AvgIpc) is 3.03. The van der Waals surface area contributed by atoms with Gasteiger partial charge in [0.25, 0.3) is 0 Å². The van der Waals surface area contributed by atoms with E-state index in [1.165, 1.54) is 55.0 Å². The van der Waals surface area contributed by atoms with Crippen molar-refractivity contribution in [2.75, 3.05) is 4.90 Å². The van der Waals surface area contributed by atoms with Crippen molar-refractivity contribution in [2.24, 2.45) is 0 Å². The zero-order valence-corrected chi connectivity index (χ0v) is 23.4. The molecule has 1 atom stereocenters. The van der Waals surface area contributed by atoms with E-state index >= 15 is 0 Å². The molecule has 1 heterocycles. The molecule has 0 spiro atoms. The molecule has 2 heteroatoms. The molecule has 1 N–H and O–H groups in total. The number of hydrogen-bond donors (Lipinski definition) is 1. The van der Waals surface area contributed by atoms with E-state index in [1.807, 2.05) is 12.3 Å². The number of anilines is 3. The van der Waals surface area contributed by atoms with Crippen LogP contribution in [0.3, 0.4) is 0 Å². The summed E-state index contributed by atoms with van der Waals surface area (Å²) in [5.41, 5.74) is 9.83. The minimum Gasteiger partial charge on any atom is -0.381 e. The maximum absolute atomic E-state index is 3.44. The summed E-state index contributed by atoms with van der Waals surface area (Å²) in [6, 6.07) is 44.4. The molecule has 2 nitrogen and oxygen atoms in total. The Morgan fingerprint density at radius 3 is 2.02 bits per heavy atom. The Labute approximate surface area is 241 Å². The predicted octanol–water partition coefficient (Wildman–Crippen LogP) is 10.5. The molecule has 0 saturated carbocycles. The number of fused-ring (bicyclic) bond motifs is 2. The predicted molar refractivity (Wildman–Crippen MR) is 175 cm³/mol. The van der Waals surface area contributed by atoms with Gasteiger partial charge in [0.2, 0.25) is 0 Å². The highest BCUT2D eigenvalue weighted by Gasteiger charge is 2.18. The summed E-state index contributed by atoms with van der Waals surface area (Å²) in [6.07, 6.45) is 8.31. The number of hydrogen-bond acceptors (Lipinski definition) is 2. The van der Waals surface area contributed by atoms with Crippen LogP contribution in [0.5, 0.6) is 0 Å². The number of dihydropyridines is 1. The van der Waals surface area contributed by atoms with Gasteiger partial charge in [0, 0.05) is 16.8 Å². The monoisotopic (exact) mass is 528 g/mol. The van der Waals surface area contributed by atoms with Crippen LogP contribution in [-0.2, 0) is 0 Å². The third-order valence-corrected chi connectivity index (χ3v) is 8.26. The summed E-state index contributed by atoms with van der Waals surface area (Å²) in [7, 11) is 0. The van der Waals surface area contributed by atoms with Crippen LogP contribution in [0, 0.1) is 13.8 Å². The van der Waals surface area contributed by atoms with E-state index in [1.54, 1.807) is 0 Å². The molecule has 0 saturated heterocycles. The summed E-state index contributed by atoms with van der Waals surface area (Å²) in [5, 5.41) is 8.49. The molecule has 6 aromatic rings. The Morgan fingerprint density at radius 1 is 0.585 bits per heavy atom. The number of nitrogens with zero attached hydrogens (tertiary/aromatic N) is 1. The second kappa shape index (κ2) is 10.5. The van der Waals surface area contributed by atoms with E-state index in [4.69, 9.17) is 0 Å². The zero-order valence-electron chi connectivity index (χ0n) is 23.4. The maximum atomic E-state index is 3.44. The van der Waals surface area contributed by atoms with E-state index < -0.39 is 0 Å². The van der Waals surface area contributed by atoms with E-state index in [2.05, 4.69) is 158 Å². The molecule has 0 radical (unpaired) electrons. The van der Waals surface area contributed by atoms with Gasteiger partial charge in [-0.2, -0.15) is 0 Å². The first-order valence-electron chi connectivity index (χ1n) is 14.2. The average molecular weight is 529 g/mol. The van der Waals surface area contributed by atoms with Gasteiger partial charge >= 0.3 is 0 Å². The molecule has 6 aromatic carbocycles. The minimum atomic E-state index is 0.187. The summed E-state index contributed by atoms with van der Waals surface area (Å²) < 4.78 is 0. The van der Waals surface area contributed by atoms with Crippen molar-refractivity contribution in [1.29, 1.82) is 0 Å². The number of aryl methyl sites for hydroxylation is 2. The topological polar surface area (TPSA) is 15.3 Å². The lowest BCUT2D eigenvalue weighted by Crippen LogP contribution is -2.15. The Balaban J connectivity index is 1.35. The van der Waals surface area contributed by atoms with Crippen LogP contribution < -0.4 is 10.2 Å². The number of allylic oxidation sites excluding steroid dienone is 2. The lowest BCUT2D eigenvalue weighted by Gasteiger charge is -2.28. The molecule has 0 amide bonds. The molecule has 0 aliphatic carbocycles. The Bertz CT molecular complexity index is 1940. The van der Waals surface area contributed by atoms with E-state index in [0.29, 0.717) is 0 Å². The highest BCUT2D eigenvalue weighted by Crippen LogP contribution is 2.41. The highest BCUT2D eigenvalue weighted by atomic mass is 15.1. The third-order valence-electron chi connectivity index (χ3n) is 8.26. The van der Waals surface area contributed by atoms with Gasteiger partial charge in [0.15, 0.2) is 0 Å². The van der Waals surface area contributed by atoms with Crippen molar-refractivity contribution in [1.82, 2.24) is 5.32 Å². The van der Waals surface area contributed by atoms with Crippen LogP contribution >= 0.6 is 0 Å². The first kappa shape index (κ1) is 24.9. The SMILES string of the molecule is Cc1cc(N(c2ccc(C3C=CC=CN3)cc2)c2cccc3ccccc23)ccc1-c1ccc2ccccc2c1C. The summed E-state index contributed by atoms with van der Waals surface area (Å²) >= 11 is 0. The molecular formula is C39H32N2. The number of rotatable bonds is 5. The second-order valence-corrected chi connectivity index (χ2v) is 10.8. The van der Waals surface area contributed by atoms with Crippen LogP contribution in [0.2, 0.25) is 0 Å². The lowest BCUT2D eigenvalue weighted by atomic mass is 9.92. The molecular weight excluding hydrogens is 496 g/mol. The largest absolute Gasteiger partial charge is 0.381 e. The van der Waals surface area contributed by atoms with Crippen LogP contribution in [0.15, 0.2) is 146 Å². The fourth-order valence-corrected chi connectivity index (χ4v) is 6.12. The van der Waals surface area contributed by atoms with Gasteiger partial charge in [0.1, 0.15) is 0 Å².